The van der Waals surface area contributed by atoms with Gasteiger partial charge in [-0.2, -0.15) is 0 Å². The van der Waals surface area contributed by atoms with Gasteiger partial charge in [0.05, 0.1) is 25.7 Å². The molecule has 0 bridgehead atoms. The lowest BCUT2D eigenvalue weighted by molar-refractivity contribution is -0.159. The van der Waals surface area contributed by atoms with Crippen LogP contribution < -0.4 is 5.32 Å². The van der Waals surface area contributed by atoms with Crippen LogP contribution in [0.3, 0.4) is 0 Å². The van der Waals surface area contributed by atoms with E-state index < -0.39 is 35.7 Å². The lowest BCUT2D eigenvalue weighted by atomic mass is 9.88. The molecule has 3 aliphatic rings. The third kappa shape index (κ3) is 5.01. The van der Waals surface area contributed by atoms with Gasteiger partial charge in [-0.25, -0.2) is 4.39 Å². The standard InChI is InChI=1S/C29H33FN4O4/c1-18(2)20-9-11-22(12-10-20)26(21-7-5-4-6-8-21)31-27(36)25-13-23(30)15-34(25)28(37)24-14-29(38-32-24)16-33(17-29)19(3)35/h4-12,18,23,25-26H,13-17H2,1-3H3,(H,31,36). The summed E-state index contributed by atoms with van der Waals surface area (Å²) >= 11 is 0. The van der Waals surface area contributed by atoms with Gasteiger partial charge in [-0.3, -0.25) is 14.4 Å². The summed E-state index contributed by atoms with van der Waals surface area (Å²) in [7, 11) is 0. The third-order valence-electron chi connectivity index (χ3n) is 7.66. The molecule has 8 nitrogen and oxygen atoms in total. The number of carbonyl (C=O) groups excluding carboxylic acids is 3. The molecular weight excluding hydrogens is 487 g/mol. The highest BCUT2D eigenvalue weighted by Crippen LogP contribution is 2.35. The summed E-state index contributed by atoms with van der Waals surface area (Å²) in [5, 5.41) is 7.06. The summed E-state index contributed by atoms with van der Waals surface area (Å²) in [5.74, 6) is -0.607. The third-order valence-corrected chi connectivity index (χ3v) is 7.66. The summed E-state index contributed by atoms with van der Waals surface area (Å²) in [6.45, 7) is 6.25. The molecule has 3 heterocycles. The van der Waals surface area contributed by atoms with Crippen LogP contribution in [0.25, 0.3) is 0 Å². The van der Waals surface area contributed by atoms with Crippen molar-refractivity contribution < 1.29 is 23.6 Å². The normalized spacial score (nSPS) is 22.6. The fourth-order valence-corrected chi connectivity index (χ4v) is 5.42. The zero-order chi connectivity index (χ0) is 27.0. The highest BCUT2D eigenvalue weighted by molar-refractivity contribution is 6.39. The number of rotatable bonds is 6. The van der Waals surface area contributed by atoms with Gasteiger partial charge >= 0.3 is 0 Å². The van der Waals surface area contributed by atoms with Crippen LogP contribution in [0.2, 0.25) is 0 Å². The highest BCUT2D eigenvalue weighted by atomic mass is 19.1. The van der Waals surface area contributed by atoms with Gasteiger partial charge in [0.1, 0.15) is 17.9 Å². The minimum absolute atomic E-state index is 0.0673. The van der Waals surface area contributed by atoms with E-state index in [4.69, 9.17) is 4.84 Å². The van der Waals surface area contributed by atoms with Crippen molar-refractivity contribution >= 4 is 23.4 Å². The predicted octanol–water partition coefficient (Wildman–Crippen LogP) is 3.33. The van der Waals surface area contributed by atoms with Crippen molar-refractivity contribution in [3.63, 3.8) is 0 Å². The number of nitrogens with zero attached hydrogens (tertiary/aromatic N) is 3. The van der Waals surface area contributed by atoms with E-state index in [0.717, 1.165) is 11.1 Å². The SMILES string of the molecule is CC(=O)N1CC2(CC(C(=O)N3CC(F)CC3C(=O)NC(c3ccccc3)c3ccc(C(C)C)cc3)=NO2)C1. The lowest BCUT2D eigenvalue weighted by Crippen LogP contribution is -2.63. The molecule has 1 spiro atoms. The average molecular weight is 521 g/mol. The van der Waals surface area contributed by atoms with E-state index in [1.165, 1.54) is 17.4 Å². The zero-order valence-corrected chi connectivity index (χ0v) is 21.9. The van der Waals surface area contributed by atoms with E-state index >= 15 is 0 Å². The van der Waals surface area contributed by atoms with Gasteiger partial charge in [0.2, 0.25) is 11.8 Å². The number of nitrogens with one attached hydrogen (secondary N) is 1. The van der Waals surface area contributed by atoms with E-state index in [1.54, 1.807) is 4.90 Å². The molecule has 38 heavy (non-hydrogen) atoms. The van der Waals surface area contributed by atoms with Crippen molar-refractivity contribution in [1.82, 2.24) is 15.1 Å². The van der Waals surface area contributed by atoms with E-state index in [0.29, 0.717) is 19.0 Å². The Kier molecular flexibility index (Phi) is 6.94. The molecule has 0 radical (unpaired) electrons. The van der Waals surface area contributed by atoms with Crippen LogP contribution in [0, 0.1) is 0 Å². The summed E-state index contributed by atoms with van der Waals surface area (Å²) in [6, 6.07) is 16.3. The second kappa shape index (κ2) is 10.2. The van der Waals surface area contributed by atoms with Crippen LogP contribution >= 0.6 is 0 Å². The Labute approximate surface area is 221 Å². The number of halogens is 1. The van der Waals surface area contributed by atoms with Gasteiger partial charge in [-0.15, -0.1) is 0 Å². The number of benzene rings is 2. The molecule has 3 aliphatic heterocycles. The number of amides is 3. The first-order valence-electron chi connectivity index (χ1n) is 13.1. The minimum atomic E-state index is -1.32. The largest absolute Gasteiger partial charge is 0.385 e. The number of likely N-dealkylation sites (tertiary alicyclic amines) is 2. The van der Waals surface area contributed by atoms with Crippen LogP contribution in [-0.2, 0) is 19.2 Å². The van der Waals surface area contributed by atoms with Crippen molar-refractivity contribution in [1.29, 1.82) is 0 Å². The quantitative estimate of drug-likeness (QED) is 0.633. The summed E-state index contributed by atoms with van der Waals surface area (Å²) in [6.07, 6.45) is -1.17. The topological polar surface area (TPSA) is 91.3 Å². The monoisotopic (exact) mass is 520 g/mol. The Morgan fingerprint density at radius 2 is 1.66 bits per heavy atom. The second-order valence-corrected chi connectivity index (χ2v) is 10.8. The molecule has 5 rings (SSSR count). The number of carbonyl (C=O) groups is 3. The first-order chi connectivity index (χ1) is 18.2. The number of hydrogen-bond acceptors (Lipinski definition) is 5. The molecule has 0 saturated carbocycles. The number of oxime groups is 1. The average Bonchev–Trinajstić information content (AvgIpc) is 3.51. The first kappa shape index (κ1) is 25.9. The van der Waals surface area contributed by atoms with Gasteiger partial charge < -0.3 is 20.0 Å². The van der Waals surface area contributed by atoms with Gasteiger partial charge in [-0.1, -0.05) is 73.6 Å². The summed E-state index contributed by atoms with van der Waals surface area (Å²) in [4.78, 5) is 46.9. The molecule has 2 aromatic carbocycles. The van der Waals surface area contributed by atoms with Crippen molar-refractivity contribution in [2.75, 3.05) is 19.6 Å². The Balaban J connectivity index is 1.32. The molecule has 0 aliphatic carbocycles. The Bertz CT molecular complexity index is 1240. The maximum atomic E-state index is 14.6. The molecule has 3 unspecified atom stereocenters. The maximum absolute atomic E-state index is 14.6. The zero-order valence-electron chi connectivity index (χ0n) is 21.9. The smallest absolute Gasteiger partial charge is 0.272 e. The fraction of sp³-hybridized carbons (Fsp3) is 0.448. The Morgan fingerprint density at radius 3 is 2.29 bits per heavy atom. The molecule has 2 fully saturated rings. The number of alkyl halides is 1. The summed E-state index contributed by atoms with van der Waals surface area (Å²) in [5.41, 5.74) is 2.43. The number of hydrogen-bond donors (Lipinski definition) is 1. The molecular formula is C29H33FN4O4. The van der Waals surface area contributed by atoms with Crippen LogP contribution in [0.15, 0.2) is 59.8 Å². The van der Waals surface area contributed by atoms with Crippen molar-refractivity contribution in [3.8, 4) is 0 Å². The molecule has 3 amide bonds. The second-order valence-electron chi connectivity index (χ2n) is 10.8. The van der Waals surface area contributed by atoms with Gasteiger partial charge in [0.15, 0.2) is 5.60 Å². The molecule has 200 valence electrons. The molecule has 2 aromatic rings. The fourth-order valence-electron chi connectivity index (χ4n) is 5.42. The van der Waals surface area contributed by atoms with Gasteiger partial charge in [-0.05, 0) is 22.6 Å². The van der Waals surface area contributed by atoms with Crippen LogP contribution in [0.1, 0.15) is 62.3 Å². The lowest BCUT2D eigenvalue weighted by Gasteiger charge is -2.44. The molecule has 0 aromatic heterocycles. The summed E-state index contributed by atoms with van der Waals surface area (Å²) < 4.78 is 14.6. The Morgan fingerprint density at radius 1 is 1.03 bits per heavy atom. The predicted molar refractivity (Wildman–Crippen MR) is 140 cm³/mol. The van der Waals surface area contributed by atoms with Crippen LogP contribution in [-0.4, -0.2) is 70.7 Å². The van der Waals surface area contributed by atoms with Crippen molar-refractivity contribution in [3.05, 3.63) is 71.3 Å². The highest BCUT2D eigenvalue weighted by Gasteiger charge is 2.53. The molecule has 1 N–H and O–H groups in total. The van der Waals surface area contributed by atoms with Crippen molar-refractivity contribution in [2.24, 2.45) is 5.16 Å². The molecule has 9 heteroatoms. The van der Waals surface area contributed by atoms with E-state index in [9.17, 15) is 18.8 Å². The van der Waals surface area contributed by atoms with Crippen LogP contribution in [0.5, 0.6) is 0 Å². The van der Waals surface area contributed by atoms with E-state index in [-0.39, 0.29) is 31.0 Å². The van der Waals surface area contributed by atoms with Gasteiger partial charge in [0, 0.05) is 19.8 Å². The van der Waals surface area contributed by atoms with E-state index in [1.807, 2.05) is 54.6 Å². The van der Waals surface area contributed by atoms with E-state index in [2.05, 4.69) is 24.3 Å². The first-order valence-corrected chi connectivity index (χ1v) is 13.1. The molecule has 3 atom stereocenters. The maximum Gasteiger partial charge on any atom is 0.272 e. The molecule has 2 saturated heterocycles. The van der Waals surface area contributed by atoms with Gasteiger partial charge in [0.25, 0.3) is 5.91 Å². The Hall–Kier alpha value is -3.75. The van der Waals surface area contributed by atoms with Crippen LogP contribution in [0.4, 0.5) is 4.39 Å². The minimum Gasteiger partial charge on any atom is -0.385 e. The van der Waals surface area contributed by atoms with Crippen molar-refractivity contribution in [2.45, 2.75) is 63.4 Å².